The number of aromatic hydroxyl groups is 1. The van der Waals surface area contributed by atoms with Crippen LogP contribution in [-0.4, -0.2) is 16.8 Å². The van der Waals surface area contributed by atoms with E-state index in [0.717, 1.165) is 46.7 Å². The summed E-state index contributed by atoms with van der Waals surface area (Å²) in [5, 5.41) is 19.3. The fourth-order valence-corrected chi connectivity index (χ4v) is 6.65. The second kappa shape index (κ2) is 10.7. The third-order valence-corrected chi connectivity index (χ3v) is 8.63. The van der Waals surface area contributed by atoms with Crippen LogP contribution in [0.25, 0.3) is 11.8 Å². The number of rotatable bonds is 5. The molecule has 5 aromatic rings. The summed E-state index contributed by atoms with van der Waals surface area (Å²) < 4.78 is 8.02. The first-order valence-electron chi connectivity index (χ1n) is 13.7. The number of allylic oxidation sites excluding steroid dienone is 1. The predicted octanol–water partition coefficient (Wildman–Crippen LogP) is 6.45. The van der Waals surface area contributed by atoms with Crippen molar-refractivity contribution in [2.24, 2.45) is 15.2 Å². The van der Waals surface area contributed by atoms with Crippen molar-refractivity contribution in [2.75, 3.05) is 7.11 Å². The molecule has 0 bridgehead atoms. The third-order valence-electron chi connectivity index (χ3n) is 7.64. The van der Waals surface area contributed by atoms with Crippen molar-refractivity contribution < 1.29 is 9.84 Å². The van der Waals surface area contributed by atoms with Crippen molar-refractivity contribution in [3.63, 3.8) is 0 Å². The summed E-state index contributed by atoms with van der Waals surface area (Å²) in [6.45, 7) is 0. The smallest absolute Gasteiger partial charge is 0.271 e. The predicted molar refractivity (Wildman–Crippen MR) is 164 cm³/mol. The molecular formula is C34H26N4O3S. The number of hydrogen-bond acceptors (Lipinski definition) is 7. The summed E-state index contributed by atoms with van der Waals surface area (Å²) in [4.78, 5) is 19.7. The second-order valence-corrected chi connectivity index (χ2v) is 11.1. The third kappa shape index (κ3) is 4.55. The number of methoxy groups -OCH3 is 1. The van der Waals surface area contributed by atoms with Gasteiger partial charge in [-0.05, 0) is 60.4 Å². The monoisotopic (exact) mass is 570 g/mol. The molecule has 4 aromatic carbocycles. The minimum atomic E-state index is -0.350. The largest absolute Gasteiger partial charge is 0.507 e. The van der Waals surface area contributed by atoms with Gasteiger partial charge in [0.05, 0.1) is 34.8 Å². The zero-order valence-corrected chi connectivity index (χ0v) is 23.6. The number of thiazole rings is 1. The number of fused-ring (bicyclic) bond motifs is 3. The molecule has 7 rings (SSSR count). The first-order chi connectivity index (χ1) is 20.6. The van der Waals surface area contributed by atoms with Gasteiger partial charge in [0.15, 0.2) is 4.80 Å². The molecule has 1 aliphatic heterocycles. The summed E-state index contributed by atoms with van der Waals surface area (Å²) >= 11 is 1.32. The Balaban J connectivity index is 1.36. The fourth-order valence-electron chi connectivity index (χ4n) is 5.66. The SMILES string of the molecule is COc1ccccc1[C@H]1C2=C(N=c3s/c(=C\c4ccc(N=Nc5ccccc5)cc4O)c(=O)n31)c1ccccc1CC2. The van der Waals surface area contributed by atoms with Crippen LogP contribution in [0.15, 0.2) is 123 Å². The number of phenols is 1. The molecule has 1 atom stereocenters. The van der Waals surface area contributed by atoms with Gasteiger partial charge in [-0.1, -0.05) is 72.0 Å². The maximum atomic E-state index is 14.1. The molecule has 0 unspecified atom stereocenters. The van der Waals surface area contributed by atoms with E-state index in [1.807, 2.05) is 60.7 Å². The summed E-state index contributed by atoms with van der Waals surface area (Å²) in [6.07, 6.45) is 3.39. The van der Waals surface area contributed by atoms with E-state index in [9.17, 15) is 9.90 Å². The summed E-state index contributed by atoms with van der Waals surface area (Å²) in [5.41, 5.74) is 6.90. The molecule has 1 N–H and O–H groups in total. The Morgan fingerprint density at radius 3 is 2.52 bits per heavy atom. The van der Waals surface area contributed by atoms with Crippen LogP contribution in [0.4, 0.5) is 11.4 Å². The summed E-state index contributed by atoms with van der Waals surface area (Å²) in [5.74, 6) is 0.738. The maximum absolute atomic E-state index is 14.1. The van der Waals surface area contributed by atoms with E-state index in [-0.39, 0.29) is 17.4 Å². The van der Waals surface area contributed by atoms with Gasteiger partial charge in [-0.2, -0.15) is 10.2 Å². The minimum absolute atomic E-state index is 0.0137. The van der Waals surface area contributed by atoms with Gasteiger partial charge in [0.25, 0.3) is 5.56 Å². The molecule has 8 heteroatoms. The van der Waals surface area contributed by atoms with Gasteiger partial charge < -0.3 is 9.84 Å². The quantitative estimate of drug-likeness (QED) is 0.246. The number of hydrogen-bond donors (Lipinski definition) is 1. The van der Waals surface area contributed by atoms with E-state index >= 15 is 0 Å². The van der Waals surface area contributed by atoms with Gasteiger partial charge in [-0.25, -0.2) is 4.99 Å². The van der Waals surface area contributed by atoms with Gasteiger partial charge in [0.2, 0.25) is 0 Å². The second-order valence-electron chi connectivity index (χ2n) is 10.1. The zero-order valence-electron chi connectivity index (χ0n) is 22.8. The van der Waals surface area contributed by atoms with Crippen LogP contribution in [0.1, 0.15) is 34.7 Å². The van der Waals surface area contributed by atoms with Gasteiger partial charge in [0, 0.05) is 22.8 Å². The Morgan fingerprint density at radius 1 is 0.929 bits per heavy atom. The van der Waals surface area contributed by atoms with Crippen LogP contribution in [0, 0.1) is 0 Å². The van der Waals surface area contributed by atoms with Crippen LogP contribution in [0.3, 0.4) is 0 Å². The molecule has 0 fully saturated rings. The number of nitrogens with zero attached hydrogens (tertiary/aromatic N) is 4. The Morgan fingerprint density at radius 2 is 1.69 bits per heavy atom. The molecular weight excluding hydrogens is 544 g/mol. The maximum Gasteiger partial charge on any atom is 0.271 e. The van der Waals surface area contributed by atoms with E-state index in [1.165, 1.54) is 16.9 Å². The topological polar surface area (TPSA) is 88.5 Å². The van der Waals surface area contributed by atoms with E-state index in [1.54, 1.807) is 36.0 Å². The standard InChI is InChI=1S/C34H26N4O3S/c1-41-29-14-8-7-13-26(29)32-27-18-16-21-9-5-6-12-25(21)31(27)35-34-38(32)33(40)30(42-34)19-22-15-17-24(20-28(22)39)37-36-23-10-3-2-4-11-23/h2-15,17,19-20,32,39H,16,18H2,1H3/b30-19-,37-36?/t32-/m0/s1. The van der Waals surface area contributed by atoms with Crippen LogP contribution >= 0.6 is 11.3 Å². The number of azo groups is 1. The number of aromatic nitrogens is 1. The Labute approximate surface area is 245 Å². The number of ether oxygens (including phenoxy) is 1. The van der Waals surface area contributed by atoms with Crippen LogP contribution in [0.5, 0.6) is 11.5 Å². The normalized spacial score (nSPS) is 16.1. The average Bonchev–Trinajstić information content (AvgIpc) is 3.34. The molecule has 2 heterocycles. The highest BCUT2D eigenvalue weighted by molar-refractivity contribution is 7.07. The molecule has 2 aliphatic rings. The van der Waals surface area contributed by atoms with E-state index in [0.29, 0.717) is 20.6 Å². The van der Waals surface area contributed by atoms with E-state index in [4.69, 9.17) is 9.73 Å². The zero-order chi connectivity index (χ0) is 28.6. The lowest BCUT2D eigenvalue weighted by molar-refractivity contribution is 0.402. The average molecular weight is 571 g/mol. The highest BCUT2D eigenvalue weighted by atomic mass is 32.1. The summed E-state index contributed by atoms with van der Waals surface area (Å²) in [7, 11) is 1.65. The number of para-hydroxylation sites is 1. The lowest BCUT2D eigenvalue weighted by Gasteiger charge is -2.31. The van der Waals surface area contributed by atoms with Crippen molar-refractivity contribution in [3.05, 3.63) is 145 Å². The number of aryl methyl sites for hydroxylation is 1. The Bertz CT molecular complexity index is 2080. The highest BCUT2D eigenvalue weighted by Crippen LogP contribution is 2.43. The van der Waals surface area contributed by atoms with Crippen LogP contribution in [-0.2, 0) is 6.42 Å². The fraction of sp³-hybridized carbons (Fsp3) is 0.118. The highest BCUT2D eigenvalue weighted by Gasteiger charge is 2.34. The van der Waals surface area contributed by atoms with Crippen molar-refractivity contribution in [2.45, 2.75) is 18.9 Å². The Hall–Kier alpha value is -5.08. The first-order valence-corrected chi connectivity index (χ1v) is 14.5. The molecule has 206 valence electrons. The van der Waals surface area contributed by atoms with Crippen LogP contribution < -0.4 is 19.6 Å². The molecule has 7 nitrogen and oxygen atoms in total. The van der Waals surface area contributed by atoms with E-state index in [2.05, 4.69) is 28.4 Å². The summed E-state index contributed by atoms with van der Waals surface area (Å²) in [6, 6.07) is 30.3. The first kappa shape index (κ1) is 25.9. The molecule has 1 aromatic heterocycles. The van der Waals surface area contributed by atoms with Crippen molar-refractivity contribution in [1.29, 1.82) is 0 Å². The minimum Gasteiger partial charge on any atom is -0.507 e. The molecule has 0 spiro atoms. The van der Waals surface area contributed by atoms with Crippen LogP contribution in [0.2, 0.25) is 0 Å². The van der Waals surface area contributed by atoms with E-state index < -0.39 is 0 Å². The van der Waals surface area contributed by atoms with Crippen molar-refractivity contribution in [3.8, 4) is 11.5 Å². The Kier molecular flexibility index (Phi) is 6.60. The molecule has 0 amide bonds. The number of phenolic OH excluding ortho intramolecular Hbond substituents is 1. The van der Waals surface area contributed by atoms with Crippen molar-refractivity contribution >= 4 is 34.5 Å². The molecule has 0 saturated carbocycles. The number of benzene rings is 4. The van der Waals surface area contributed by atoms with Gasteiger partial charge in [-0.15, -0.1) is 0 Å². The van der Waals surface area contributed by atoms with Gasteiger partial charge >= 0.3 is 0 Å². The molecule has 0 radical (unpaired) electrons. The molecule has 42 heavy (non-hydrogen) atoms. The van der Waals surface area contributed by atoms with Crippen molar-refractivity contribution in [1.82, 2.24) is 4.57 Å². The molecule has 1 aliphatic carbocycles. The van der Waals surface area contributed by atoms with Gasteiger partial charge in [0.1, 0.15) is 11.5 Å². The van der Waals surface area contributed by atoms with Gasteiger partial charge in [-0.3, -0.25) is 9.36 Å². The molecule has 0 saturated heterocycles. The lowest BCUT2D eigenvalue weighted by atomic mass is 9.83. The lowest BCUT2D eigenvalue weighted by Crippen LogP contribution is -2.39.